The summed E-state index contributed by atoms with van der Waals surface area (Å²) in [4.78, 5) is 6.74. The molecule has 2 heterocycles. The quantitative estimate of drug-likeness (QED) is 0.878. The van der Waals surface area contributed by atoms with Gasteiger partial charge in [0.25, 0.3) is 0 Å². The van der Waals surface area contributed by atoms with E-state index in [-0.39, 0.29) is 0 Å². The fourth-order valence-corrected chi connectivity index (χ4v) is 3.06. The van der Waals surface area contributed by atoms with E-state index in [1.54, 1.807) is 0 Å². The number of nitrogens with one attached hydrogen (secondary N) is 1. The lowest BCUT2D eigenvalue weighted by atomic mass is 10.0. The molecule has 1 N–H and O–H groups in total. The van der Waals surface area contributed by atoms with Gasteiger partial charge in [-0.3, -0.25) is 4.90 Å². The van der Waals surface area contributed by atoms with Crippen LogP contribution < -0.4 is 5.32 Å². The van der Waals surface area contributed by atoms with Crippen molar-refractivity contribution in [1.82, 2.24) is 19.8 Å². The molecule has 0 radical (unpaired) electrons. The van der Waals surface area contributed by atoms with Gasteiger partial charge in [-0.05, 0) is 18.4 Å². The number of rotatable bonds is 6. The third-order valence-electron chi connectivity index (χ3n) is 4.21. The minimum absolute atomic E-state index is 0.615. The zero-order valence-electron chi connectivity index (χ0n) is 12.5. The first kappa shape index (κ1) is 14.3. The van der Waals surface area contributed by atoms with Crippen molar-refractivity contribution in [3.8, 4) is 0 Å². The highest BCUT2D eigenvalue weighted by molar-refractivity contribution is 5.16. The molecule has 0 bridgehead atoms. The molecule has 2 aromatic rings. The van der Waals surface area contributed by atoms with Crippen molar-refractivity contribution >= 4 is 0 Å². The summed E-state index contributed by atoms with van der Waals surface area (Å²) in [5.74, 6) is 0. The van der Waals surface area contributed by atoms with Gasteiger partial charge in [-0.1, -0.05) is 30.3 Å². The van der Waals surface area contributed by atoms with E-state index in [1.807, 2.05) is 18.7 Å². The van der Waals surface area contributed by atoms with Gasteiger partial charge in [0.15, 0.2) is 0 Å². The number of hydrogen-bond donors (Lipinski definition) is 1. The number of aryl methyl sites for hydroxylation is 1. The van der Waals surface area contributed by atoms with E-state index in [0.29, 0.717) is 6.04 Å². The molecule has 3 rings (SSSR count). The number of piperazine rings is 1. The van der Waals surface area contributed by atoms with Gasteiger partial charge in [0.2, 0.25) is 0 Å². The van der Waals surface area contributed by atoms with E-state index >= 15 is 0 Å². The molecule has 1 unspecified atom stereocenters. The van der Waals surface area contributed by atoms with Crippen molar-refractivity contribution in [3.63, 3.8) is 0 Å². The highest BCUT2D eigenvalue weighted by Crippen LogP contribution is 2.11. The normalized spacial score (nSPS) is 19.7. The van der Waals surface area contributed by atoms with Crippen molar-refractivity contribution in [1.29, 1.82) is 0 Å². The third kappa shape index (κ3) is 4.16. The maximum Gasteiger partial charge on any atom is 0.0945 e. The van der Waals surface area contributed by atoms with E-state index in [2.05, 4.69) is 50.1 Å². The van der Waals surface area contributed by atoms with Gasteiger partial charge in [-0.2, -0.15) is 0 Å². The van der Waals surface area contributed by atoms with Gasteiger partial charge in [-0.15, -0.1) is 0 Å². The number of benzene rings is 1. The Labute approximate surface area is 126 Å². The zero-order valence-corrected chi connectivity index (χ0v) is 12.5. The van der Waals surface area contributed by atoms with Gasteiger partial charge >= 0.3 is 0 Å². The Morgan fingerprint density at radius 2 is 2.10 bits per heavy atom. The second-order valence-corrected chi connectivity index (χ2v) is 5.74. The Kier molecular flexibility index (Phi) is 5.03. The van der Waals surface area contributed by atoms with Crippen LogP contribution in [0.2, 0.25) is 0 Å². The Balaban J connectivity index is 1.51. The molecule has 4 nitrogen and oxygen atoms in total. The molecular weight excluding hydrogens is 260 g/mol. The molecule has 1 fully saturated rings. The average Bonchev–Trinajstić information content (AvgIpc) is 3.03. The highest BCUT2D eigenvalue weighted by atomic mass is 15.2. The summed E-state index contributed by atoms with van der Waals surface area (Å²) in [6.07, 6.45) is 8.11. The fraction of sp³-hybridized carbons (Fsp3) is 0.471. The van der Waals surface area contributed by atoms with Crippen LogP contribution >= 0.6 is 0 Å². The molecule has 1 aliphatic heterocycles. The van der Waals surface area contributed by atoms with E-state index in [1.165, 1.54) is 12.0 Å². The topological polar surface area (TPSA) is 33.1 Å². The molecule has 0 saturated carbocycles. The summed E-state index contributed by atoms with van der Waals surface area (Å²) in [5.41, 5.74) is 1.44. The number of nitrogens with zero attached hydrogens (tertiary/aromatic N) is 3. The van der Waals surface area contributed by atoms with Crippen LogP contribution in [0, 0.1) is 0 Å². The van der Waals surface area contributed by atoms with Gasteiger partial charge in [0, 0.05) is 51.2 Å². The number of hydrogen-bond acceptors (Lipinski definition) is 3. The molecule has 21 heavy (non-hydrogen) atoms. The van der Waals surface area contributed by atoms with Crippen molar-refractivity contribution < 1.29 is 0 Å². The summed E-state index contributed by atoms with van der Waals surface area (Å²) in [6, 6.07) is 11.4. The monoisotopic (exact) mass is 284 g/mol. The zero-order chi connectivity index (χ0) is 14.3. The van der Waals surface area contributed by atoms with E-state index in [4.69, 9.17) is 0 Å². The average molecular weight is 284 g/mol. The standard InChI is InChI=1S/C17H24N4/c1-2-5-16(6-3-1)13-17-14-18-8-12-21(17)10-4-9-20-11-7-19-15-20/h1-3,5-7,11,15,17-18H,4,8-10,12-14H2. The largest absolute Gasteiger partial charge is 0.337 e. The molecule has 1 aromatic carbocycles. The molecule has 1 atom stereocenters. The van der Waals surface area contributed by atoms with E-state index in [9.17, 15) is 0 Å². The van der Waals surface area contributed by atoms with Gasteiger partial charge < -0.3 is 9.88 Å². The van der Waals surface area contributed by atoms with Crippen LogP contribution in [0.4, 0.5) is 0 Å². The van der Waals surface area contributed by atoms with E-state index in [0.717, 1.165) is 39.1 Å². The van der Waals surface area contributed by atoms with Gasteiger partial charge in [0.05, 0.1) is 6.33 Å². The molecule has 1 saturated heterocycles. The molecule has 0 amide bonds. The third-order valence-corrected chi connectivity index (χ3v) is 4.21. The molecule has 4 heteroatoms. The number of aromatic nitrogens is 2. The Hall–Kier alpha value is -1.65. The summed E-state index contributed by atoms with van der Waals surface area (Å²) in [6.45, 7) is 5.58. The van der Waals surface area contributed by atoms with Crippen LogP contribution in [0.5, 0.6) is 0 Å². The second kappa shape index (κ2) is 7.38. The second-order valence-electron chi connectivity index (χ2n) is 5.74. The van der Waals surface area contributed by atoms with Crippen molar-refractivity contribution in [2.24, 2.45) is 0 Å². The highest BCUT2D eigenvalue weighted by Gasteiger charge is 2.21. The summed E-state index contributed by atoms with van der Waals surface area (Å²) < 4.78 is 2.16. The molecule has 0 spiro atoms. The molecule has 1 aromatic heterocycles. The predicted molar refractivity (Wildman–Crippen MR) is 85.2 cm³/mol. The summed E-state index contributed by atoms with van der Waals surface area (Å²) in [7, 11) is 0. The summed E-state index contributed by atoms with van der Waals surface area (Å²) >= 11 is 0. The first-order chi connectivity index (χ1) is 10.4. The van der Waals surface area contributed by atoms with Crippen LogP contribution in [-0.4, -0.2) is 46.7 Å². The minimum atomic E-state index is 0.615. The van der Waals surface area contributed by atoms with Crippen LogP contribution in [0.3, 0.4) is 0 Å². The van der Waals surface area contributed by atoms with Crippen molar-refractivity contribution in [2.75, 3.05) is 26.2 Å². The summed E-state index contributed by atoms with van der Waals surface area (Å²) in [5, 5.41) is 3.53. The van der Waals surface area contributed by atoms with Crippen molar-refractivity contribution in [2.45, 2.75) is 25.4 Å². The maximum absolute atomic E-state index is 4.10. The lowest BCUT2D eigenvalue weighted by Crippen LogP contribution is -2.52. The molecular formula is C17H24N4. The maximum atomic E-state index is 4.10. The van der Waals surface area contributed by atoms with Crippen molar-refractivity contribution in [3.05, 3.63) is 54.6 Å². The smallest absolute Gasteiger partial charge is 0.0945 e. The molecule has 112 valence electrons. The Bertz CT molecular complexity index is 509. The lowest BCUT2D eigenvalue weighted by molar-refractivity contribution is 0.156. The Morgan fingerprint density at radius 3 is 2.90 bits per heavy atom. The Morgan fingerprint density at radius 1 is 1.19 bits per heavy atom. The minimum Gasteiger partial charge on any atom is -0.337 e. The number of imidazole rings is 1. The molecule has 1 aliphatic rings. The van der Waals surface area contributed by atoms with E-state index < -0.39 is 0 Å². The SMILES string of the molecule is c1ccc(CC2CNCCN2CCCn2ccnc2)cc1. The van der Waals surface area contributed by atoms with Crippen LogP contribution in [0.1, 0.15) is 12.0 Å². The lowest BCUT2D eigenvalue weighted by Gasteiger charge is -2.36. The predicted octanol–water partition coefficient (Wildman–Crippen LogP) is 1.79. The van der Waals surface area contributed by atoms with Crippen LogP contribution in [0.25, 0.3) is 0 Å². The first-order valence-corrected chi connectivity index (χ1v) is 7.86. The van der Waals surface area contributed by atoms with Gasteiger partial charge in [0.1, 0.15) is 0 Å². The first-order valence-electron chi connectivity index (χ1n) is 7.86. The van der Waals surface area contributed by atoms with Crippen LogP contribution in [0.15, 0.2) is 49.1 Å². The fourth-order valence-electron chi connectivity index (χ4n) is 3.06. The van der Waals surface area contributed by atoms with Crippen LogP contribution in [-0.2, 0) is 13.0 Å². The molecule has 0 aliphatic carbocycles. The van der Waals surface area contributed by atoms with Gasteiger partial charge in [-0.25, -0.2) is 4.98 Å².